The fourth-order valence-corrected chi connectivity index (χ4v) is 2.98. The van der Waals surface area contributed by atoms with Gasteiger partial charge in [-0.2, -0.15) is 5.10 Å². The highest BCUT2D eigenvalue weighted by atomic mass is 35.5. The van der Waals surface area contributed by atoms with Crippen LogP contribution in [0.3, 0.4) is 0 Å². The van der Waals surface area contributed by atoms with E-state index >= 15 is 0 Å². The van der Waals surface area contributed by atoms with Gasteiger partial charge in [0.2, 0.25) is 0 Å². The van der Waals surface area contributed by atoms with Crippen LogP contribution in [0.4, 0.5) is 8.78 Å². The second-order valence-corrected chi connectivity index (χ2v) is 6.24. The van der Waals surface area contributed by atoms with Crippen molar-refractivity contribution in [1.29, 1.82) is 0 Å². The van der Waals surface area contributed by atoms with Gasteiger partial charge in [-0.15, -0.1) is 0 Å². The highest BCUT2D eigenvalue weighted by molar-refractivity contribution is 6.29. The fourth-order valence-electron chi connectivity index (χ4n) is 2.79. The van der Waals surface area contributed by atoms with E-state index in [0.717, 1.165) is 6.07 Å². The molecule has 3 heterocycles. The van der Waals surface area contributed by atoms with Crippen LogP contribution in [0.5, 0.6) is 0 Å². The molecule has 8 heteroatoms. The molecular formula is C19H13ClF2N5. The molecule has 4 aromatic rings. The summed E-state index contributed by atoms with van der Waals surface area (Å²) in [4.78, 5) is 13.0. The molecule has 0 atom stereocenters. The van der Waals surface area contributed by atoms with Crippen molar-refractivity contribution in [2.24, 2.45) is 0 Å². The number of hydrogen-bond donors (Lipinski definition) is 0. The molecule has 0 spiro atoms. The topological polar surface area (TPSA) is 56.5 Å². The molecule has 4 rings (SSSR count). The summed E-state index contributed by atoms with van der Waals surface area (Å²) < 4.78 is 28.8. The number of pyridine rings is 1. The van der Waals surface area contributed by atoms with Crippen LogP contribution in [0, 0.1) is 17.7 Å². The predicted molar refractivity (Wildman–Crippen MR) is 97.2 cm³/mol. The van der Waals surface area contributed by atoms with Crippen molar-refractivity contribution in [1.82, 2.24) is 24.7 Å². The van der Waals surface area contributed by atoms with Gasteiger partial charge in [0.1, 0.15) is 22.5 Å². The summed E-state index contributed by atoms with van der Waals surface area (Å²) in [5.74, 6) is -0.916. The second kappa shape index (κ2) is 7.00. The number of aromatic nitrogens is 5. The third-order valence-corrected chi connectivity index (χ3v) is 4.26. The molecule has 0 aliphatic carbocycles. The summed E-state index contributed by atoms with van der Waals surface area (Å²) in [6.45, 7) is 2.03. The van der Waals surface area contributed by atoms with Crippen molar-refractivity contribution in [3.05, 3.63) is 70.6 Å². The maximum absolute atomic E-state index is 14.1. The van der Waals surface area contributed by atoms with E-state index in [1.807, 2.05) is 13.0 Å². The molecule has 0 amide bonds. The van der Waals surface area contributed by atoms with Crippen molar-refractivity contribution < 1.29 is 8.78 Å². The molecule has 0 N–H and O–H groups in total. The number of benzene rings is 1. The van der Waals surface area contributed by atoms with Crippen molar-refractivity contribution >= 4 is 22.6 Å². The van der Waals surface area contributed by atoms with Gasteiger partial charge in [-0.3, -0.25) is 0 Å². The first-order valence-electron chi connectivity index (χ1n) is 8.26. The second-order valence-electron chi connectivity index (χ2n) is 5.88. The van der Waals surface area contributed by atoms with Crippen LogP contribution in [0.25, 0.3) is 22.6 Å². The first-order chi connectivity index (χ1) is 13.0. The van der Waals surface area contributed by atoms with Crippen molar-refractivity contribution in [2.75, 3.05) is 0 Å². The van der Waals surface area contributed by atoms with Crippen molar-refractivity contribution in [3.8, 4) is 11.5 Å². The zero-order valence-electron chi connectivity index (χ0n) is 14.2. The highest BCUT2D eigenvalue weighted by Gasteiger charge is 2.18. The van der Waals surface area contributed by atoms with Gasteiger partial charge in [-0.1, -0.05) is 24.6 Å². The Morgan fingerprint density at radius 2 is 2.04 bits per heavy atom. The zero-order chi connectivity index (χ0) is 19.0. The molecule has 3 aromatic heterocycles. The summed E-state index contributed by atoms with van der Waals surface area (Å²) in [6.07, 6.45) is 2.27. The average Bonchev–Trinajstić information content (AvgIpc) is 3.02. The van der Waals surface area contributed by atoms with Gasteiger partial charge in [0.05, 0.1) is 17.6 Å². The number of fused-ring (bicyclic) bond motifs is 1. The molecule has 0 aliphatic rings. The Morgan fingerprint density at radius 1 is 1.19 bits per heavy atom. The van der Waals surface area contributed by atoms with E-state index in [1.165, 1.54) is 12.1 Å². The Bertz CT molecular complexity index is 1140. The van der Waals surface area contributed by atoms with E-state index in [-0.39, 0.29) is 11.7 Å². The van der Waals surface area contributed by atoms with E-state index in [9.17, 15) is 8.78 Å². The van der Waals surface area contributed by atoms with Gasteiger partial charge in [0, 0.05) is 23.9 Å². The maximum atomic E-state index is 14.1. The average molecular weight is 385 g/mol. The Labute approximate surface area is 158 Å². The van der Waals surface area contributed by atoms with Crippen molar-refractivity contribution in [2.45, 2.75) is 19.9 Å². The van der Waals surface area contributed by atoms with Gasteiger partial charge < -0.3 is 0 Å². The minimum atomic E-state index is -0.641. The van der Waals surface area contributed by atoms with E-state index in [4.69, 9.17) is 11.6 Å². The first-order valence-corrected chi connectivity index (χ1v) is 8.64. The van der Waals surface area contributed by atoms with E-state index < -0.39 is 11.6 Å². The molecular weight excluding hydrogens is 372 g/mol. The fraction of sp³-hybridized carbons (Fsp3) is 0.158. The Kier molecular flexibility index (Phi) is 4.53. The maximum Gasteiger partial charge on any atom is 0.182 e. The molecule has 135 valence electrons. The molecule has 0 saturated heterocycles. The summed E-state index contributed by atoms with van der Waals surface area (Å²) >= 11 is 6.06. The SMILES string of the molecule is CCc1[c]c(Cl)nc(-c2nn(Cc3ccc(F)cc3F)c3ncccc23)n1. The largest absolute Gasteiger partial charge is 0.242 e. The van der Waals surface area contributed by atoms with Gasteiger partial charge in [-0.05, 0) is 24.6 Å². The van der Waals surface area contributed by atoms with Gasteiger partial charge >= 0.3 is 0 Å². The Balaban J connectivity index is 1.85. The number of aryl methyl sites for hydroxylation is 1. The molecule has 5 nitrogen and oxygen atoms in total. The molecule has 27 heavy (non-hydrogen) atoms. The van der Waals surface area contributed by atoms with Crippen LogP contribution in [-0.4, -0.2) is 24.7 Å². The standard InChI is InChI=1S/C19H13ClF2N5/c1-2-13-9-16(20)25-18(24-13)17-14-4-3-7-23-19(14)27(26-17)10-11-5-6-12(21)8-15(11)22/h3-8H,2,10H2,1H3. The molecule has 1 aromatic carbocycles. The smallest absolute Gasteiger partial charge is 0.182 e. The normalized spacial score (nSPS) is 11.3. The van der Waals surface area contributed by atoms with Gasteiger partial charge in [0.15, 0.2) is 11.5 Å². The molecule has 1 radical (unpaired) electrons. The lowest BCUT2D eigenvalue weighted by Gasteiger charge is -2.04. The lowest BCUT2D eigenvalue weighted by Crippen LogP contribution is -2.05. The zero-order valence-corrected chi connectivity index (χ0v) is 15.0. The van der Waals surface area contributed by atoms with Crippen LogP contribution < -0.4 is 0 Å². The van der Waals surface area contributed by atoms with Crippen molar-refractivity contribution in [3.63, 3.8) is 0 Å². The van der Waals surface area contributed by atoms with E-state index in [1.54, 1.807) is 16.9 Å². The molecule has 0 fully saturated rings. The van der Waals surface area contributed by atoms with Gasteiger partial charge in [-0.25, -0.2) is 28.4 Å². The van der Waals surface area contributed by atoms with Crippen LogP contribution in [0.1, 0.15) is 18.2 Å². The van der Waals surface area contributed by atoms with Crippen LogP contribution in [-0.2, 0) is 13.0 Å². The monoisotopic (exact) mass is 384 g/mol. The van der Waals surface area contributed by atoms with Gasteiger partial charge in [0.25, 0.3) is 0 Å². The lowest BCUT2D eigenvalue weighted by molar-refractivity contribution is 0.561. The summed E-state index contributed by atoms with van der Waals surface area (Å²) in [5, 5.41) is 5.45. The first kappa shape index (κ1) is 17.5. The minimum Gasteiger partial charge on any atom is -0.242 e. The summed E-state index contributed by atoms with van der Waals surface area (Å²) in [7, 11) is 0. The highest BCUT2D eigenvalue weighted by Crippen LogP contribution is 2.26. The van der Waals surface area contributed by atoms with E-state index in [0.29, 0.717) is 40.2 Å². The third kappa shape index (κ3) is 3.38. The molecule has 0 unspecified atom stereocenters. The number of hydrogen-bond acceptors (Lipinski definition) is 4. The number of rotatable bonds is 4. The number of nitrogens with zero attached hydrogens (tertiary/aromatic N) is 5. The van der Waals surface area contributed by atoms with Crippen LogP contribution >= 0.6 is 11.6 Å². The number of halogens is 3. The quantitative estimate of drug-likeness (QED) is 0.494. The Hall–Kier alpha value is -2.93. The van der Waals surface area contributed by atoms with Crippen LogP contribution in [0.2, 0.25) is 5.15 Å². The van der Waals surface area contributed by atoms with Crippen LogP contribution in [0.15, 0.2) is 36.5 Å². The third-order valence-electron chi connectivity index (χ3n) is 4.08. The molecule has 0 bridgehead atoms. The predicted octanol–water partition coefficient (Wildman–Crippen LogP) is 4.23. The molecule has 0 aliphatic heterocycles. The Morgan fingerprint density at radius 3 is 2.81 bits per heavy atom. The van der Waals surface area contributed by atoms with E-state index in [2.05, 4.69) is 26.1 Å². The molecule has 0 saturated carbocycles. The lowest BCUT2D eigenvalue weighted by atomic mass is 10.2. The summed E-state index contributed by atoms with van der Waals surface area (Å²) in [6, 6.07) is 9.94. The summed E-state index contributed by atoms with van der Waals surface area (Å²) in [5.41, 5.74) is 2.00. The minimum absolute atomic E-state index is 0.0902.